The van der Waals surface area contributed by atoms with Gasteiger partial charge in [-0.15, -0.1) is 0 Å². The second-order valence-corrected chi connectivity index (χ2v) is 6.71. The highest BCUT2D eigenvalue weighted by molar-refractivity contribution is 5.92. The van der Waals surface area contributed by atoms with E-state index in [1.165, 1.54) is 0 Å². The van der Waals surface area contributed by atoms with Crippen molar-refractivity contribution in [1.29, 1.82) is 0 Å². The van der Waals surface area contributed by atoms with Gasteiger partial charge in [0.15, 0.2) is 5.54 Å². The van der Waals surface area contributed by atoms with Gasteiger partial charge in [-0.05, 0) is 38.6 Å². The standard InChI is InChI=1S/C17H22FN3O5/c1-3-24-14(22)16(18)11-9-12(26-10-7-5-6-8-10)17(13(11)16,20-21-19)15(23)25-4-2/h5,7,10-13H,3-4,6,8-9H2,1-2H3/t10?,11-,12-,13+,16-,17+/m1/s1. The van der Waals surface area contributed by atoms with Crippen molar-refractivity contribution in [3.63, 3.8) is 0 Å². The molecule has 1 unspecified atom stereocenters. The summed E-state index contributed by atoms with van der Waals surface area (Å²) in [6.07, 6.45) is 4.40. The third-order valence-corrected chi connectivity index (χ3v) is 5.43. The van der Waals surface area contributed by atoms with Gasteiger partial charge >= 0.3 is 11.9 Å². The molecule has 0 aromatic rings. The Labute approximate surface area is 150 Å². The Bertz CT molecular complexity index is 679. The number of fused-ring (bicyclic) bond motifs is 1. The number of allylic oxidation sites excluding steroid dienone is 1. The van der Waals surface area contributed by atoms with Gasteiger partial charge in [0, 0.05) is 16.7 Å². The van der Waals surface area contributed by atoms with Gasteiger partial charge in [0.1, 0.15) is 0 Å². The number of carbonyl (C=O) groups excluding carboxylic acids is 2. The van der Waals surface area contributed by atoms with Crippen LogP contribution in [0.25, 0.3) is 10.4 Å². The van der Waals surface area contributed by atoms with E-state index >= 15 is 4.39 Å². The summed E-state index contributed by atoms with van der Waals surface area (Å²) >= 11 is 0. The highest BCUT2D eigenvalue weighted by Gasteiger charge is 2.86. The van der Waals surface area contributed by atoms with E-state index in [9.17, 15) is 9.59 Å². The molecule has 0 amide bonds. The Balaban J connectivity index is 1.95. The van der Waals surface area contributed by atoms with Crippen molar-refractivity contribution in [3.05, 3.63) is 22.6 Å². The fourth-order valence-corrected chi connectivity index (χ4v) is 4.33. The monoisotopic (exact) mass is 367 g/mol. The van der Waals surface area contributed by atoms with Crippen LogP contribution in [0.15, 0.2) is 17.3 Å². The van der Waals surface area contributed by atoms with E-state index in [2.05, 4.69) is 10.0 Å². The number of azide groups is 1. The summed E-state index contributed by atoms with van der Waals surface area (Å²) in [4.78, 5) is 27.6. The fourth-order valence-electron chi connectivity index (χ4n) is 4.33. The third kappa shape index (κ3) is 2.57. The van der Waals surface area contributed by atoms with Crippen LogP contribution in [0.2, 0.25) is 0 Å². The summed E-state index contributed by atoms with van der Waals surface area (Å²) in [6.45, 7) is 3.23. The quantitative estimate of drug-likeness (QED) is 0.226. The Kier molecular flexibility index (Phi) is 4.94. The van der Waals surface area contributed by atoms with E-state index in [4.69, 9.17) is 19.7 Å². The zero-order valence-corrected chi connectivity index (χ0v) is 14.8. The van der Waals surface area contributed by atoms with Gasteiger partial charge in [0.05, 0.1) is 25.4 Å². The SMILES string of the molecule is CCOC(=O)[C@@]1(F)[C@@H]2C[C@@H](OC3C=CCC3)[C@@](N=[N+]=[N-])(C(=O)OCC)[C@@H]21. The van der Waals surface area contributed by atoms with Gasteiger partial charge in [-0.2, -0.15) is 0 Å². The molecule has 26 heavy (non-hydrogen) atoms. The number of alkyl halides is 1. The highest BCUT2D eigenvalue weighted by atomic mass is 19.1. The van der Waals surface area contributed by atoms with Crippen molar-refractivity contribution < 1.29 is 28.2 Å². The summed E-state index contributed by atoms with van der Waals surface area (Å²) in [5, 5.41) is 3.67. The van der Waals surface area contributed by atoms with Crippen LogP contribution in [0.3, 0.4) is 0 Å². The lowest BCUT2D eigenvalue weighted by atomic mass is 9.87. The van der Waals surface area contributed by atoms with Crippen LogP contribution in [-0.2, 0) is 23.8 Å². The van der Waals surface area contributed by atoms with Gasteiger partial charge in [-0.1, -0.05) is 17.3 Å². The van der Waals surface area contributed by atoms with Crippen LogP contribution in [0.1, 0.15) is 33.1 Å². The van der Waals surface area contributed by atoms with E-state index in [0.717, 1.165) is 12.8 Å². The molecule has 0 aromatic heterocycles. The minimum atomic E-state index is -2.36. The summed E-state index contributed by atoms with van der Waals surface area (Å²) in [5.41, 5.74) is 4.81. The lowest BCUT2D eigenvalue weighted by Gasteiger charge is -2.34. The smallest absolute Gasteiger partial charge is 0.344 e. The number of esters is 2. The molecule has 0 aliphatic heterocycles. The maximum absolute atomic E-state index is 15.4. The molecule has 2 saturated carbocycles. The minimum absolute atomic E-state index is 0.0185. The Hall–Kier alpha value is -2.12. The molecule has 3 aliphatic rings. The first-order valence-corrected chi connectivity index (χ1v) is 8.88. The van der Waals surface area contributed by atoms with E-state index in [1.807, 2.05) is 12.2 Å². The van der Waals surface area contributed by atoms with Crippen molar-refractivity contribution in [3.8, 4) is 0 Å². The summed E-state index contributed by atoms with van der Waals surface area (Å²) in [7, 11) is 0. The van der Waals surface area contributed by atoms with Crippen LogP contribution >= 0.6 is 0 Å². The third-order valence-electron chi connectivity index (χ3n) is 5.43. The summed E-state index contributed by atoms with van der Waals surface area (Å²) in [6, 6.07) is 0. The van der Waals surface area contributed by atoms with Crippen LogP contribution in [0.4, 0.5) is 4.39 Å². The van der Waals surface area contributed by atoms with Gasteiger partial charge in [-0.3, -0.25) is 4.79 Å². The van der Waals surface area contributed by atoms with Crippen LogP contribution < -0.4 is 0 Å². The predicted octanol–water partition coefficient (Wildman–Crippen LogP) is 2.62. The molecular formula is C17H22FN3O5. The lowest BCUT2D eigenvalue weighted by molar-refractivity contribution is -0.163. The van der Waals surface area contributed by atoms with Crippen LogP contribution in [0, 0.1) is 11.8 Å². The molecule has 0 radical (unpaired) electrons. The molecule has 6 atom stereocenters. The molecule has 0 heterocycles. The molecule has 0 N–H and O–H groups in total. The van der Waals surface area contributed by atoms with Gasteiger partial charge < -0.3 is 14.2 Å². The number of nitrogens with zero attached hydrogens (tertiary/aromatic N) is 3. The zero-order chi connectivity index (χ0) is 18.9. The molecule has 3 aliphatic carbocycles. The first-order chi connectivity index (χ1) is 12.5. The zero-order valence-electron chi connectivity index (χ0n) is 14.8. The van der Waals surface area contributed by atoms with Gasteiger partial charge in [0.25, 0.3) is 0 Å². The Morgan fingerprint density at radius 2 is 2.00 bits per heavy atom. The summed E-state index contributed by atoms with van der Waals surface area (Å²) < 4.78 is 31.2. The molecule has 8 nitrogen and oxygen atoms in total. The first-order valence-electron chi connectivity index (χ1n) is 8.88. The minimum Gasteiger partial charge on any atom is -0.465 e. The van der Waals surface area contributed by atoms with Crippen molar-refractivity contribution in [2.24, 2.45) is 17.0 Å². The molecule has 0 saturated heterocycles. The van der Waals surface area contributed by atoms with Crippen LogP contribution in [-0.4, -0.2) is 48.6 Å². The molecule has 0 spiro atoms. The van der Waals surface area contributed by atoms with Crippen molar-refractivity contribution in [2.75, 3.05) is 13.2 Å². The molecule has 0 aromatic carbocycles. The maximum Gasteiger partial charge on any atom is 0.344 e. The molecular weight excluding hydrogens is 345 g/mol. The van der Waals surface area contributed by atoms with Crippen LogP contribution in [0.5, 0.6) is 0 Å². The number of hydrogen-bond donors (Lipinski definition) is 0. The average Bonchev–Trinajstić information content (AvgIpc) is 2.98. The van der Waals surface area contributed by atoms with Crippen molar-refractivity contribution in [2.45, 2.75) is 56.5 Å². The Morgan fingerprint density at radius 1 is 1.31 bits per heavy atom. The maximum atomic E-state index is 15.4. The lowest BCUT2D eigenvalue weighted by Crippen LogP contribution is -2.53. The fraction of sp³-hybridized carbons (Fsp3) is 0.765. The Morgan fingerprint density at radius 3 is 2.58 bits per heavy atom. The molecule has 142 valence electrons. The first kappa shape index (κ1) is 18.7. The normalized spacial score (nSPS) is 39.8. The highest BCUT2D eigenvalue weighted by Crippen LogP contribution is 2.69. The number of hydrogen-bond acceptors (Lipinski definition) is 6. The topological polar surface area (TPSA) is 111 Å². The van der Waals surface area contributed by atoms with E-state index in [0.29, 0.717) is 0 Å². The second kappa shape index (κ2) is 6.89. The number of rotatable bonds is 7. The predicted molar refractivity (Wildman–Crippen MR) is 87.6 cm³/mol. The number of ether oxygens (including phenoxy) is 3. The van der Waals surface area contributed by atoms with E-state index in [-0.39, 0.29) is 25.7 Å². The molecule has 3 rings (SSSR count). The average molecular weight is 367 g/mol. The van der Waals surface area contributed by atoms with E-state index < -0.39 is 41.1 Å². The molecule has 2 fully saturated rings. The van der Waals surface area contributed by atoms with E-state index in [1.54, 1.807) is 13.8 Å². The number of halogens is 1. The van der Waals surface area contributed by atoms with Gasteiger partial charge in [0.2, 0.25) is 5.67 Å². The number of carbonyl (C=O) groups is 2. The van der Waals surface area contributed by atoms with Gasteiger partial charge in [-0.25, -0.2) is 9.18 Å². The largest absolute Gasteiger partial charge is 0.465 e. The van der Waals surface area contributed by atoms with Crippen molar-refractivity contribution >= 4 is 11.9 Å². The van der Waals surface area contributed by atoms with Crippen molar-refractivity contribution in [1.82, 2.24) is 0 Å². The molecule has 9 heteroatoms. The molecule has 0 bridgehead atoms. The second-order valence-electron chi connectivity index (χ2n) is 6.71. The summed E-state index contributed by atoms with van der Waals surface area (Å²) in [5.74, 6) is -3.83.